The van der Waals surface area contributed by atoms with Gasteiger partial charge in [-0.3, -0.25) is 4.90 Å². The molecule has 0 spiro atoms. The van der Waals surface area contributed by atoms with Crippen molar-refractivity contribution in [2.75, 3.05) is 23.8 Å². The molecule has 0 bridgehead atoms. The van der Waals surface area contributed by atoms with Gasteiger partial charge in [0.25, 0.3) is 0 Å². The van der Waals surface area contributed by atoms with Crippen molar-refractivity contribution < 1.29 is 0 Å². The molecule has 0 aliphatic heterocycles. The van der Waals surface area contributed by atoms with E-state index >= 15 is 0 Å². The Morgan fingerprint density at radius 1 is 1.28 bits per heavy atom. The number of hydrogen-bond donors (Lipinski definition) is 1. The minimum absolute atomic E-state index is 0.842. The molecule has 1 fully saturated rings. The second-order valence-electron chi connectivity index (χ2n) is 4.99. The zero-order valence-corrected chi connectivity index (χ0v) is 12.1. The molecule has 0 radical (unpaired) electrons. The summed E-state index contributed by atoms with van der Waals surface area (Å²) >= 11 is 2.05. The number of hydrogen-bond acceptors (Lipinski definition) is 3. The predicted molar refractivity (Wildman–Crippen MR) is 81.9 cm³/mol. The van der Waals surface area contributed by atoms with Crippen molar-refractivity contribution in [2.45, 2.75) is 38.8 Å². The summed E-state index contributed by atoms with van der Waals surface area (Å²) in [6.07, 6.45) is 4.08. The van der Waals surface area contributed by atoms with Crippen LogP contribution in [0.4, 0.5) is 5.69 Å². The summed E-state index contributed by atoms with van der Waals surface area (Å²) in [6.45, 7) is 4.56. The molecule has 1 aliphatic carbocycles. The number of thioether (sulfide) groups is 1. The minimum atomic E-state index is 0.842. The second kappa shape index (κ2) is 7.05. The highest BCUT2D eigenvalue weighted by Crippen LogP contribution is 2.28. The molecule has 0 heterocycles. The first-order valence-corrected chi connectivity index (χ1v) is 8.11. The number of nitrogen functional groups attached to an aromatic ring is 1. The number of anilines is 1. The monoisotopic (exact) mass is 264 g/mol. The third-order valence-electron chi connectivity index (χ3n) is 3.37. The molecule has 0 atom stereocenters. The largest absolute Gasteiger partial charge is 0.399 e. The van der Waals surface area contributed by atoms with Crippen LogP contribution in [0.25, 0.3) is 0 Å². The Labute approximate surface area is 115 Å². The van der Waals surface area contributed by atoms with E-state index in [0.29, 0.717) is 0 Å². The molecule has 0 aromatic heterocycles. The SMILES string of the molecule is CCSCCCN(Cc1ccc(N)cc1)C1CC1. The highest BCUT2D eigenvalue weighted by atomic mass is 32.2. The summed E-state index contributed by atoms with van der Waals surface area (Å²) in [5.74, 6) is 2.53. The summed E-state index contributed by atoms with van der Waals surface area (Å²) in [5, 5.41) is 0. The fraction of sp³-hybridized carbons (Fsp3) is 0.600. The average Bonchev–Trinajstić information content (AvgIpc) is 3.20. The van der Waals surface area contributed by atoms with E-state index in [1.165, 1.54) is 42.9 Å². The molecular weight excluding hydrogens is 240 g/mol. The maximum Gasteiger partial charge on any atom is 0.0314 e. The fourth-order valence-corrected chi connectivity index (χ4v) is 2.82. The van der Waals surface area contributed by atoms with Gasteiger partial charge in [0, 0.05) is 18.3 Å². The Hall–Kier alpha value is -0.670. The lowest BCUT2D eigenvalue weighted by atomic mass is 10.2. The van der Waals surface area contributed by atoms with Gasteiger partial charge in [0.1, 0.15) is 0 Å². The first kappa shape index (κ1) is 13.8. The molecule has 1 aromatic rings. The number of nitrogens with two attached hydrogens (primary N) is 1. The van der Waals surface area contributed by atoms with Crippen LogP contribution in [-0.4, -0.2) is 29.0 Å². The van der Waals surface area contributed by atoms with Gasteiger partial charge in [-0.25, -0.2) is 0 Å². The van der Waals surface area contributed by atoms with Crippen LogP contribution in [0.3, 0.4) is 0 Å². The maximum atomic E-state index is 5.73. The van der Waals surface area contributed by atoms with E-state index in [2.05, 4.69) is 24.0 Å². The lowest BCUT2D eigenvalue weighted by Crippen LogP contribution is -2.27. The third-order valence-corrected chi connectivity index (χ3v) is 4.35. The van der Waals surface area contributed by atoms with Crippen LogP contribution in [0.1, 0.15) is 31.7 Å². The van der Waals surface area contributed by atoms with Crippen LogP contribution in [0.15, 0.2) is 24.3 Å². The highest BCUT2D eigenvalue weighted by molar-refractivity contribution is 7.99. The van der Waals surface area contributed by atoms with Gasteiger partial charge in [-0.05, 0) is 55.0 Å². The maximum absolute atomic E-state index is 5.73. The number of benzene rings is 1. The van der Waals surface area contributed by atoms with E-state index in [1.807, 2.05) is 23.9 Å². The van der Waals surface area contributed by atoms with Gasteiger partial charge in [-0.15, -0.1) is 0 Å². The molecule has 0 saturated heterocycles. The molecule has 2 rings (SSSR count). The smallest absolute Gasteiger partial charge is 0.0314 e. The lowest BCUT2D eigenvalue weighted by molar-refractivity contribution is 0.256. The Morgan fingerprint density at radius 2 is 2.00 bits per heavy atom. The van der Waals surface area contributed by atoms with Crippen molar-refractivity contribution in [3.8, 4) is 0 Å². The van der Waals surface area contributed by atoms with Gasteiger partial charge < -0.3 is 5.73 Å². The van der Waals surface area contributed by atoms with Gasteiger partial charge in [0.05, 0.1) is 0 Å². The van der Waals surface area contributed by atoms with Crippen LogP contribution in [0.5, 0.6) is 0 Å². The standard InChI is InChI=1S/C15H24N2S/c1-2-18-11-3-10-17(15-8-9-15)12-13-4-6-14(16)7-5-13/h4-7,15H,2-3,8-12,16H2,1H3. The topological polar surface area (TPSA) is 29.3 Å². The van der Waals surface area contributed by atoms with Crippen molar-refractivity contribution in [3.05, 3.63) is 29.8 Å². The van der Waals surface area contributed by atoms with Gasteiger partial charge in [-0.1, -0.05) is 19.1 Å². The number of nitrogens with zero attached hydrogens (tertiary/aromatic N) is 1. The van der Waals surface area contributed by atoms with Crippen molar-refractivity contribution in [1.29, 1.82) is 0 Å². The molecule has 3 heteroatoms. The average molecular weight is 264 g/mol. The third kappa shape index (κ3) is 4.54. The van der Waals surface area contributed by atoms with Gasteiger partial charge in [0.15, 0.2) is 0 Å². The lowest BCUT2D eigenvalue weighted by Gasteiger charge is -2.22. The van der Waals surface area contributed by atoms with Crippen molar-refractivity contribution in [1.82, 2.24) is 4.90 Å². The molecule has 0 amide bonds. The van der Waals surface area contributed by atoms with Crippen molar-refractivity contribution in [2.24, 2.45) is 0 Å². The quantitative estimate of drug-likeness (QED) is 0.576. The number of rotatable bonds is 8. The molecule has 2 N–H and O–H groups in total. The Balaban J connectivity index is 1.80. The van der Waals surface area contributed by atoms with Crippen LogP contribution >= 0.6 is 11.8 Å². The van der Waals surface area contributed by atoms with Crippen molar-refractivity contribution in [3.63, 3.8) is 0 Å². The van der Waals surface area contributed by atoms with E-state index in [1.54, 1.807) is 0 Å². The van der Waals surface area contributed by atoms with E-state index in [-0.39, 0.29) is 0 Å². The Bertz CT molecular complexity index is 346. The minimum Gasteiger partial charge on any atom is -0.399 e. The van der Waals surface area contributed by atoms with Gasteiger partial charge >= 0.3 is 0 Å². The molecule has 0 unspecified atom stereocenters. The van der Waals surface area contributed by atoms with E-state index < -0.39 is 0 Å². The zero-order valence-electron chi connectivity index (χ0n) is 11.3. The normalized spacial score (nSPS) is 15.2. The summed E-state index contributed by atoms with van der Waals surface area (Å²) in [5.41, 5.74) is 7.97. The zero-order chi connectivity index (χ0) is 12.8. The van der Waals surface area contributed by atoms with Crippen LogP contribution < -0.4 is 5.73 Å². The van der Waals surface area contributed by atoms with E-state index in [4.69, 9.17) is 5.73 Å². The second-order valence-corrected chi connectivity index (χ2v) is 6.39. The van der Waals surface area contributed by atoms with Gasteiger partial charge in [0.2, 0.25) is 0 Å². The first-order valence-electron chi connectivity index (χ1n) is 6.96. The van der Waals surface area contributed by atoms with Crippen LogP contribution in [-0.2, 0) is 6.54 Å². The predicted octanol–water partition coefficient (Wildman–Crippen LogP) is 3.38. The Morgan fingerprint density at radius 3 is 2.61 bits per heavy atom. The molecule has 1 aromatic carbocycles. The summed E-state index contributed by atoms with van der Waals surface area (Å²) in [7, 11) is 0. The molecule has 100 valence electrons. The molecule has 2 nitrogen and oxygen atoms in total. The highest BCUT2D eigenvalue weighted by Gasteiger charge is 2.28. The van der Waals surface area contributed by atoms with E-state index in [9.17, 15) is 0 Å². The van der Waals surface area contributed by atoms with Crippen LogP contribution in [0.2, 0.25) is 0 Å². The fourth-order valence-electron chi connectivity index (χ4n) is 2.20. The summed E-state index contributed by atoms with van der Waals surface area (Å²) in [6, 6.07) is 9.17. The summed E-state index contributed by atoms with van der Waals surface area (Å²) in [4.78, 5) is 2.64. The molecule has 1 aliphatic rings. The molecular formula is C15H24N2S. The molecule has 18 heavy (non-hydrogen) atoms. The molecule has 1 saturated carbocycles. The van der Waals surface area contributed by atoms with Crippen LogP contribution in [0, 0.1) is 0 Å². The Kier molecular flexibility index (Phi) is 5.39. The van der Waals surface area contributed by atoms with Crippen molar-refractivity contribution >= 4 is 17.4 Å². The first-order chi connectivity index (χ1) is 8.79. The van der Waals surface area contributed by atoms with E-state index in [0.717, 1.165) is 18.3 Å². The van der Waals surface area contributed by atoms with Gasteiger partial charge in [-0.2, -0.15) is 11.8 Å². The summed E-state index contributed by atoms with van der Waals surface area (Å²) < 4.78 is 0.